The number of nitro groups is 1. The van der Waals surface area contributed by atoms with E-state index in [9.17, 15) is 19.7 Å². The number of hydrogen-bond acceptors (Lipinski definition) is 9. The lowest BCUT2D eigenvalue weighted by Crippen LogP contribution is -2.36. The Hall–Kier alpha value is -3.50. The minimum atomic E-state index is -0.909. The number of nitrogens with zero attached hydrogens (tertiary/aromatic N) is 2. The quantitative estimate of drug-likeness (QED) is 0.133. The van der Waals surface area contributed by atoms with Gasteiger partial charge in [-0.15, -0.1) is 11.8 Å². The molecule has 1 aliphatic heterocycles. The van der Waals surface area contributed by atoms with Crippen molar-refractivity contribution >= 4 is 35.1 Å². The number of carbonyl (C=O) groups is 2. The molecule has 10 heteroatoms. The fraction of sp³-hybridized carbons (Fsp3) is 0.393. The van der Waals surface area contributed by atoms with Crippen LogP contribution in [-0.4, -0.2) is 53.8 Å². The van der Waals surface area contributed by atoms with E-state index in [0.717, 1.165) is 22.6 Å². The van der Waals surface area contributed by atoms with Crippen molar-refractivity contribution in [2.45, 2.75) is 43.9 Å². The summed E-state index contributed by atoms with van der Waals surface area (Å²) in [6.45, 7) is 3.66. The third-order valence-electron chi connectivity index (χ3n) is 6.31. The average molecular weight is 541 g/mol. The van der Waals surface area contributed by atoms with E-state index in [0.29, 0.717) is 29.8 Å². The minimum absolute atomic E-state index is 0.128. The van der Waals surface area contributed by atoms with Crippen LogP contribution in [0.15, 0.2) is 69.7 Å². The Balaban J connectivity index is 1.67. The molecule has 1 aliphatic rings. The molecule has 0 aliphatic carbocycles. The van der Waals surface area contributed by atoms with Crippen LogP contribution in [0.4, 0.5) is 5.69 Å². The van der Waals surface area contributed by atoms with Gasteiger partial charge in [0.15, 0.2) is 0 Å². The Morgan fingerprint density at radius 3 is 2.53 bits per heavy atom. The number of aliphatic hydroxyl groups is 1. The molecule has 38 heavy (non-hydrogen) atoms. The molecule has 2 unspecified atom stereocenters. The summed E-state index contributed by atoms with van der Waals surface area (Å²) in [5, 5.41) is 20.4. The highest BCUT2D eigenvalue weighted by molar-refractivity contribution is 7.99. The second-order valence-electron chi connectivity index (χ2n) is 8.89. The molecule has 1 heterocycles. The number of thioether (sulfide) groups is 1. The van der Waals surface area contributed by atoms with E-state index in [1.165, 1.54) is 25.3 Å². The van der Waals surface area contributed by atoms with Crippen molar-refractivity contribution in [2.24, 2.45) is 10.9 Å². The molecule has 0 amide bonds. The van der Waals surface area contributed by atoms with Crippen molar-refractivity contribution in [1.82, 2.24) is 0 Å². The van der Waals surface area contributed by atoms with Gasteiger partial charge < -0.3 is 14.6 Å². The van der Waals surface area contributed by atoms with Crippen LogP contribution in [-0.2, 0) is 25.5 Å². The molecule has 0 spiro atoms. The predicted molar refractivity (Wildman–Crippen MR) is 145 cm³/mol. The van der Waals surface area contributed by atoms with Crippen molar-refractivity contribution in [2.75, 3.05) is 26.1 Å². The van der Waals surface area contributed by atoms with E-state index >= 15 is 0 Å². The third kappa shape index (κ3) is 7.29. The molecular weight excluding hydrogens is 508 g/mol. The predicted octanol–water partition coefficient (Wildman–Crippen LogP) is 4.87. The lowest BCUT2D eigenvalue weighted by Gasteiger charge is -2.31. The zero-order chi connectivity index (χ0) is 27.7. The van der Waals surface area contributed by atoms with Crippen LogP contribution in [0, 0.1) is 16.0 Å². The number of aliphatic imine (C=N–C) groups is 1. The summed E-state index contributed by atoms with van der Waals surface area (Å²) in [5.74, 6) is -2.06. The average Bonchev–Trinajstić information content (AvgIpc) is 2.90. The summed E-state index contributed by atoms with van der Waals surface area (Å²) in [6, 6.07) is 14.0. The number of ether oxygens (including phenoxy) is 2. The summed E-state index contributed by atoms with van der Waals surface area (Å²) in [7, 11) is 1.25. The number of esters is 2. The highest BCUT2D eigenvalue weighted by atomic mass is 32.2. The fourth-order valence-corrected chi connectivity index (χ4v) is 5.36. The topological polar surface area (TPSA) is 128 Å². The second kappa shape index (κ2) is 13.9. The Labute approximate surface area is 226 Å². The zero-order valence-corrected chi connectivity index (χ0v) is 22.5. The maximum atomic E-state index is 13.3. The van der Waals surface area contributed by atoms with Crippen LogP contribution in [0.25, 0.3) is 0 Å². The third-order valence-corrected chi connectivity index (χ3v) is 7.41. The van der Waals surface area contributed by atoms with Crippen molar-refractivity contribution in [1.29, 1.82) is 0 Å². The molecule has 2 atom stereocenters. The van der Waals surface area contributed by atoms with E-state index in [4.69, 9.17) is 14.6 Å². The highest BCUT2D eigenvalue weighted by Gasteiger charge is 2.42. The summed E-state index contributed by atoms with van der Waals surface area (Å²) in [6.07, 6.45) is 2.11. The normalized spacial score (nSPS) is 17.1. The lowest BCUT2D eigenvalue weighted by atomic mass is 9.75. The minimum Gasteiger partial charge on any atom is -0.468 e. The van der Waals surface area contributed by atoms with Gasteiger partial charge >= 0.3 is 11.9 Å². The molecule has 0 bridgehead atoms. The van der Waals surface area contributed by atoms with E-state index in [1.807, 2.05) is 24.3 Å². The molecule has 0 aromatic heterocycles. The first-order valence-electron chi connectivity index (χ1n) is 12.3. The molecular formula is C28H32N2O7S. The van der Waals surface area contributed by atoms with Gasteiger partial charge in [0.1, 0.15) is 5.92 Å². The van der Waals surface area contributed by atoms with Crippen LogP contribution in [0.2, 0.25) is 0 Å². The first-order chi connectivity index (χ1) is 18.3. The maximum Gasteiger partial charge on any atom is 0.336 e. The van der Waals surface area contributed by atoms with Crippen molar-refractivity contribution < 1.29 is 29.1 Å². The monoisotopic (exact) mass is 540 g/mol. The molecule has 2 aromatic rings. The van der Waals surface area contributed by atoms with Gasteiger partial charge in [-0.25, -0.2) is 4.79 Å². The van der Waals surface area contributed by atoms with Crippen molar-refractivity contribution in [3.05, 3.63) is 81.0 Å². The Kier molecular flexibility index (Phi) is 10.6. The number of non-ortho nitro benzene ring substituents is 1. The Morgan fingerprint density at radius 1 is 1.13 bits per heavy atom. The number of nitro benzene ring substituents is 1. The van der Waals surface area contributed by atoms with Crippen LogP contribution < -0.4 is 0 Å². The summed E-state index contributed by atoms with van der Waals surface area (Å²) in [4.78, 5) is 42.4. The molecule has 9 nitrogen and oxygen atoms in total. The SMILES string of the molecule is COC(=O)C1C(C)=NC(C)=C(C(=O)OCCCCSc2ccc(CCO)cc2)C1c1cccc([N+](=O)[O-])c1. The van der Waals surface area contributed by atoms with Crippen molar-refractivity contribution in [3.63, 3.8) is 0 Å². The first kappa shape index (κ1) is 29.1. The lowest BCUT2D eigenvalue weighted by molar-refractivity contribution is -0.384. The molecule has 0 saturated heterocycles. The second-order valence-corrected chi connectivity index (χ2v) is 10.1. The number of unbranched alkanes of at least 4 members (excludes halogenated alkanes) is 1. The van der Waals surface area contributed by atoms with Crippen LogP contribution in [0.5, 0.6) is 0 Å². The van der Waals surface area contributed by atoms with Gasteiger partial charge in [0, 0.05) is 41.0 Å². The Bertz CT molecular complexity index is 1220. The van der Waals surface area contributed by atoms with E-state index in [1.54, 1.807) is 31.7 Å². The number of benzene rings is 2. The van der Waals surface area contributed by atoms with Gasteiger partial charge in [0.25, 0.3) is 5.69 Å². The smallest absolute Gasteiger partial charge is 0.336 e. The molecule has 2 aromatic carbocycles. The summed E-state index contributed by atoms with van der Waals surface area (Å²) < 4.78 is 10.6. The molecule has 202 valence electrons. The van der Waals surface area contributed by atoms with Gasteiger partial charge in [0.2, 0.25) is 0 Å². The molecule has 0 saturated carbocycles. The van der Waals surface area contributed by atoms with Crippen LogP contribution in [0.1, 0.15) is 43.7 Å². The number of rotatable bonds is 12. The van der Waals surface area contributed by atoms with E-state index in [2.05, 4.69) is 4.99 Å². The number of hydrogen-bond donors (Lipinski definition) is 1. The molecule has 1 N–H and O–H groups in total. The van der Waals surface area contributed by atoms with Gasteiger partial charge in [-0.1, -0.05) is 24.3 Å². The highest BCUT2D eigenvalue weighted by Crippen LogP contribution is 2.41. The van der Waals surface area contributed by atoms with Gasteiger partial charge in [-0.3, -0.25) is 19.9 Å². The summed E-state index contributed by atoms with van der Waals surface area (Å²) >= 11 is 1.71. The number of aliphatic hydroxyl groups excluding tert-OH is 1. The van der Waals surface area contributed by atoms with E-state index in [-0.39, 0.29) is 24.5 Å². The Morgan fingerprint density at radius 2 is 1.87 bits per heavy atom. The van der Waals surface area contributed by atoms with Gasteiger partial charge in [0.05, 0.1) is 24.2 Å². The number of carbonyl (C=O) groups excluding carboxylic acids is 2. The molecule has 0 fully saturated rings. The number of methoxy groups -OCH3 is 1. The fourth-order valence-electron chi connectivity index (χ4n) is 4.44. The largest absolute Gasteiger partial charge is 0.468 e. The zero-order valence-electron chi connectivity index (χ0n) is 21.7. The summed E-state index contributed by atoms with van der Waals surface area (Å²) in [5.41, 5.74) is 2.46. The standard InChI is InChI=1S/C28H32N2O7S/c1-18-24(27(32)36-3)26(21-7-6-8-22(17-21)30(34)35)25(19(2)29-18)28(33)37-15-4-5-16-38-23-11-9-20(10-12-23)13-14-31/h6-12,17,24,26,31H,4-5,13-16H2,1-3H3. The van der Waals surface area contributed by atoms with Crippen LogP contribution >= 0.6 is 11.8 Å². The first-order valence-corrected chi connectivity index (χ1v) is 13.3. The van der Waals surface area contributed by atoms with Gasteiger partial charge in [-0.05, 0) is 62.1 Å². The van der Waals surface area contributed by atoms with E-state index < -0.39 is 28.7 Å². The molecule has 0 radical (unpaired) electrons. The number of allylic oxidation sites excluding steroid dienone is 1. The van der Waals surface area contributed by atoms with Crippen LogP contribution in [0.3, 0.4) is 0 Å². The van der Waals surface area contributed by atoms with Gasteiger partial charge in [-0.2, -0.15) is 0 Å². The maximum absolute atomic E-state index is 13.3. The van der Waals surface area contributed by atoms with Crippen molar-refractivity contribution in [3.8, 4) is 0 Å². The molecule has 3 rings (SSSR count).